The summed E-state index contributed by atoms with van der Waals surface area (Å²) in [6.07, 6.45) is 0. The lowest BCUT2D eigenvalue weighted by Crippen LogP contribution is -2.24. The zero-order valence-electron chi connectivity index (χ0n) is 19.7. The summed E-state index contributed by atoms with van der Waals surface area (Å²) >= 11 is 2.53. The van der Waals surface area contributed by atoms with Gasteiger partial charge in [-0.2, -0.15) is 0 Å². The molecule has 0 aliphatic heterocycles. The van der Waals surface area contributed by atoms with Crippen molar-refractivity contribution in [2.24, 2.45) is 0 Å². The molecule has 0 radical (unpaired) electrons. The molecule has 0 saturated heterocycles. The van der Waals surface area contributed by atoms with Gasteiger partial charge >= 0.3 is 0 Å². The molecule has 186 valence electrons. The van der Waals surface area contributed by atoms with E-state index in [1.165, 1.54) is 37.3 Å². The van der Waals surface area contributed by atoms with Crippen molar-refractivity contribution in [1.82, 2.24) is 30.3 Å². The minimum atomic E-state index is -0.323. The molecule has 0 atom stereocenters. The third kappa shape index (κ3) is 6.17. The van der Waals surface area contributed by atoms with E-state index in [2.05, 4.69) is 31.0 Å². The van der Waals surface area contributed by atoms with Crippen LogP contribution in [0.15, 0.2) is 53.7 Å². The van der Waals surface area contributed by atoms with Crippen molar-refractivity contribution in [3.05, 3.63) is 64.9 Å². The maximum Gasteiger partial charge on any atom is 0.251 e. The number of aryl methyl sites for hydroxylation is 1. The number of methoxy groups -OCH3 is 2. The number of benzene rings is 2. The Morgan fingerprint density at radius 1 is 1.00 bits per heavy atom. The van der Waals surface area contributed by atoms with Crippen molar-refractivity contribution in [1.29, 1.82) is 0 Å². The van der Waals surface area contributed by atoms with Gasteiger partial charge in [0.05, 0.1) is 26.5 Å². The summed E-state index contributed by atoms with van der Waals surface area (Å²) < 4.78 is 12.3. The number of ether oxygens (including phenoxy) is 2. The lowest BCUT2D eigenvalue weighted by atomic mass is 10.2. The van der Waals surface area contributed by atoms with E-state index in [9.17, 15) is 9.59 Å². The zero-order valence-corrected chi connectivity index (χ0v) is 21.4. The second-order valence-electron chi connectivity index (χ2n) is 7.32. The van der Waals surface area contributed by atoms with Crippen LogP contribution in [0.3, 0.4) is 0 Å². The Morgan fingerprint density at radius 3 is 2.36 bits per heavy atom. The van der Waals surface area contributed by atoms with E-state index in [0.717, 1.165) is 10.7 Å². The fraction of sp³-hybridized carbons (Fsp3) is 0.217. The summed E-state index contributed by atoms with van der Waals surface area (Å²) in [6, 6.07) is 14.4. The van der Waals surface area contributed by atoms with Crippen LogP contribution in [-0.4, -0.2) is 56.7 Å². The number of para-hydroxylation sites is 1. The number of anilines is 1. The van der Waals surface area contributed by atoms with Gasteiger partial charge in [-0.05, 0) is 31.2 Å². The first-order valence-electron chi connectivity index (χ1n) is 10.7. The van der Waals surface area contributed by atoms with Crippen LogP contribution in [-0.2, 0) is 11.3 Å². The van der Waals surface area contributed by atoms with Crippen LogP contribution in [0.2, 0.25) is 0 Å². The van der Waals surface area contributed by atoms with Gasteiger partial charge < -0.3 is 14.8 Å². The first kappa shape index (κ1) is 25.1. The third-order valence-electron chi connectivity index (χ3n) is 4.84. The summed E-state index contributed by atoms with van der Waals surface area (Å²) in [6.45, 7) is 1.92. The average Bonchev–Trinajstić information content (AvgIpc) is 3.51. The van der Waals surface area contributed by atoms with Crippen molar-refractivity contribution in [3.63, 3.8) is 0 Å². The fourth-order valence-corrected chi connectivity index (χ4v) is 4.56. The minimum absolute atomic E-state index is 0.0968. The molecular weight excluding hydrogens is 502 g/mol. The van der Waals surface area contributed by atoms with Crippen LogP contribution in [0.25, 0.3) is 5.69 Å². The van der Waals surface area contributed by atoms with Crippen LogP contribution >= 0.6 is 23.1 Å². The number of carbonyl (C=O) groups is 2. The molecule has 0 bridgehead atoms. The normalized spacial score (nSPS) is 10.6. The van der Waals surface area contributed by atoms with Crippen LogP contribution in [0.4, 0.5) is 5.13 Å². The van der Waals surface area contributed by atoms with Crippen LogP contribution in [0.1, 0.15) is 21.2 Å². The molecule has 0 saturated carbocycles. The zero-order chi connectivity index (χ0) is 25.5. The number of aromatic nitrogens is 5. The molecule has 2 N–H and O–H groups in total. The predicted octanol–water partition coefficient (Wildman–Crippen LogP) is 3.11. The molecule has 13 heteroatoms. The third-order valence-corrected chi connectivity index (χ3v) is 6.52. The highest BCUT2D eigenvalue weighted by atomic mass is 32.2. The molecule has 2 aromatic carbocycles. The van der Waals surface area contributed by atoms with E-state index in [-0.39, 0.29) is 24.1 Å². The van der Waals surface area contributed by atoms with Gasteiger partial charge in [-0.15, -0.1) is 20.4 Å². The molecule has 2 heterocycles. The maximum atomic E-state index is 12.9. The maximum absolute atomic E-state index is 12.9. The Balaban J connectivity index is 1.49. The van der Waals surface area contributed by atoms with Gasteiger partial charge in [0.15, 0.2) is 11.0 Å². The standard InChI is InChI=1S/C23H23N7O4S2/c1-14-26-28-22(36-14)25-20(31)13-35-23-29-27-19(30(23)16-7-5-4-6-8-16)12-24-21(32)15-9-17(33-2)11-18(10-15)34-3/h4-11H,12-13H2,1-3H3,(H,24,32)(H,25,28,31). The van der Waals surface area contributed by atoms with E-state index < -0.39 is 0 Å². The van der Waals surface area contributed by atoms with E-state index in [1.54, 1.807) is 22.8 Å². The lowest BCUT2D eigenvalue weighted by Gasteiger charge is -2.12. The Kier molecular flexibility index (Phi) is 8.13. The fourth-order valence-electron chi connectivity index (χ4n) is 3.18. The summed E-state index contributed by atoms with van der Waals surface area (Å²) in [5, 5.41) is 23.6. The largest absolute Gasteiger partial charge is 0.497 e. The quantitative estimate of drug-likeness (QED) is 0.300. The van der Waals surface area contributed by atoms with Crippen molar-refractivity contribution < 1.29 is 19.1 Å². The second kappa shape index (κ2) is 11.6. The van der Waals surface area contributed by atoms with E-state index in [0.29, 0.717) is 33.2 Å². The number of thioether (sulfide) groups is 1. The molecule has 4 aromatic rings. The SMILES string of the molecule is COc1cc(OC)cc(C(=O)NCc2nnc(SCC(=O)Nc3nnc(C)s3)n2-c2ccccc2)c1. The second-order valence-corrected chi connectivity index (χ2v) is 9.44. The number of amides is 2. The number of rotatable bonds is 10. The van der Waals surface area contributed by atoms with E-state index >= 15 is 0 Å². The van der Waals surface area contributed by atoms with Gasteiger partial charge in [-0.25, -0.2) is 0 Å². The van der Waals surface area contributed by atoms with E-state index in [1.807, 2.05) is 37.3 Å². The lowest BCUT2D eigenvalue weighted by molar-refractivity contribution is -0.113. The topological polar surface area (TPSA) is 133 Å². The molecule has 2 amide bonds. The van der Waals surface area contributed by atoms with Crippen molar-refractivity contribution in [3.8, 4) is 17.2 Å². The Bertz CT molecular complexity index is 1340. The van der Waals surface area contributed by atoms with Crippen LogP contribution in [0, 0.1) is 6.92 Å². The Hall–Kier alpha value is -3.97. The molecule has 0 aliphatic rings. The van der Waals surface area contributed by atoms with E-state index in [4.69, 9.17) is 9.47 Å². The highest BCUT2D eigenvalue weighted by molar-refractivity contribution is 7.99. The molecule has 36 heavy (non-hydrogen) atoms. The highest BCUT2D eigenvalue weighted by Crippen LogP contribution is 2.24. The number of nitrogens with zero attached hydrogens (tertiary/aromatic N) is 5. The molecule has 0 aliphatic carbocycles. The molecule has 4 rings (SSSR count). The molecule has 0 fully saturated rings. The smallest absolute Gasteiger partial charge is 0.251 e. The van der Waals surface area contributed by atoms with Gasteiger partial charge in [-0.1, -0.05) is 41.3 Å². The van der Waals surface area contributed by atoms with Gasteiger partial charge in [0, 0.05) is 17.3 Å². The first-order valence-corrected chi connectivity index (χ1v) is 12.5. The average molecular weight is 526 g/mol. The van der Waals surface area contributed by atoms with Gasteiger partial charge in [0.2, 0.25) is 11.0 Å². The molecule has 0 spiro atoms. The van der Waals surface area contributed by atoms with Crippen molar-refractivity contribution in [2.45, 2.75) is 18.6 Å². The number of nitrogens with one attached hydrogen (secondary N) is 2. The molecule has 2 aromatic heterocycles. The monoisotopic (exact) mass is 525 g/mol. The Morgan fingerprint density at radius 2 is 1.72 bits per heavy atom. The number of hydrogen-bond donors (Lipinski definition) is 2. The van der Waals surface area contributed by atoms with Gasteiger partial charge in [0.25, 0.3) is 5.91 Å². The molecular formula is C23H23N7O4S2. The van der Waals surface area contributed by atoms with Crippen LogP contribution in [0.5, 0.6) is 11.5 Å². The van der Waals surface area contributed by atoms with Gasteiger partial charge in [0.1, 0.15) is 16.5 Å². The van der Waals surface area contributed by atoms with Crippen molar-refractivity contribution >= 4 is 40.0 Å². The first-order chi connectivity index (χ1) is 17.5. The predicted molar refractivity (Wildman–Crippen MR) is 136 cm³/mol. The summed E-state index contributed by atoms with van der Waals surface area (Å²) in [4.78, 5) is 25.2. The molecule has 0 unspecified atom stereocenters. The number of carbonyl (C=O) groups excluding carboxylic acids is 2. The van der Waals surface area contributed by atoms with Gasteiger partial charge in [-0.3, -0.25) is 19.5 Å². The summed E-state index contributed by atoms with van der Waals surface area (Å²) in [5.74, 6) is 1.06. The van der Waals surface area contributed by atoms with Crippen LogP contribution < -0.4 is 20.1 Å². The van der Waals surface area contributed by atoms with Crippen molar-refractivity contribution in [2.75, 3.05) is 25.3 Å². The molecule has 11 nitrogen and oxygen atoms in total. The summed E-state index contributed by atoms with van der Waals surface area (Å²) in [5.41, 5.74) is 1.19. The summed E-state index contributed by atoms with van der Waals surface area (Å²) in [7, 11) is 3.04. The number of hydrogen-bond acceptors (Lipinski definition) is 10. The Labute approximate surface area is 215 Å². The highest BCUT2D eigenvalue weighted by Gasteiger charge is 2.18. The minimum Gasteiger partial charge on any atom is -0.497 e.